The van der Waals surface area contributed by atoms with Crippen LogP contribution in [0.2, 0.25) is 0 Å². The molecule has 1 rings (SSSR count). The molecule has 0 saturated heterocycles. The first-order chi connectivity index (χ1) is 4.74. The van der Waals surface area contributed by atoms with E-state index in [0.29, 0.717) is 15.2 Å². The van der Waals surface area contributed by atoms with Crippen LogP contribution in [0.3, 0.4) is 0 Å². The maximum atomic E-state index is 10.0. The first kappa shape index (κ1) is 7.52. The second kappa shape index (κ2) is 3.00. The topological polar surface area (TPSA) is 55.2 Å². The predicted octanol–water partition coefficient (Wildman–Crippen LogP) is 1.79. The van der Waals surface area contributed by atoms with E-state index in [1.54, 1.807) is 6.92 Å². The van der Waals surface area contributed by atoms with Crippen LogP contribution in [-0.2, 0) is 0 Å². The minimum atomic E-state index is 0.306. The third-order valence-corrected chi connectivity index (χ3v) is 1.54. The summed E-state index contributed by atoms with van der Waals surface area (Å²) in [6.45, 7) is 1.72. The molecule has 5 heteroatoms. The summed E-state index contributed by atoms with van der Waals surface area (Å²) in [5, 5.41) is 2.73. The van der Waals surface area contributed by atoms with Crippen LogP contribution >= 0.6 is 22.6 Å². The molecule has 10 heavy (non-hydrogen) atoms. The Kier molecular flexibility index (Phi) is 2.25. The molecule has 1 heterocycles. The second-order valence-electron chi connectivity index (χ2n) is 1.70. The van der Waals surface area contributed by atoms with E-state index in [-0.39, 0.29) is 0 Å². The van der Waals surface area contributed by atoms with Crippen LogP contribution in [0.25, 0.3) is 0 Å². The van der Waals surface area contributed by atoms with Gasteiger partial charge in [-0.1, -0.05) is 0 Å². The first-order valence-electron chi connectivity index (χ1n) is 2.56. The Morgan fingerprint density at radius 2 is 2.40 bits per heavy atom. The van der Waals surface area contributed by atoms with Gasteiger partial charge >= 0.3 is 0 Å². The molecule has 52 valence electrons. The number of nitroso groups, excluding NO2 is 1. The van der Waals surface area contributed by atoms with Crippen molar-refractivity contribution >= 4 is 28.3 Å². The van der Waals surface area contributed by atoms with Crippen LogP contribution in [0.5, 0.6) is 0 Å². The van der Waals surface area contributed by atoms with E-state index in [9.17, 15) is 4.91 Å². The van der Waals surface area contributed by atoms with Crippen LogP contribution in [0, 0.1) is 15.7 Å². The van der Waals surface area contributed by atoms with Gasteiger partial charge in [0.05, 0.1) is 11.9 Å². The lowest BCUT2D eigenvalue weighted by molar-refractivity contribution is 1.04. The third-order valence-electron chi connectivity index (χ3n) is 1.02. The quantitative estimate of drug-likeness (QED) is 0.433. The molecule has 4 nitrogen and oxygen atoms in total. The molecule has 0 fully saturated rings. The Labute approximate surface area is 71.2 Å². The monoisotopic (exact) mass is 249 g/mol. The average Bonchev–Trinajstić information content (AvgIpc) is 1.88. The van der Waals surface area contributed by atoms with Gasteiger partial charge in [0.1, 0.15) is 5.69 Å². The van der Waals surface area contributed by atoms with E-state index in [4.69, 9.17) is 0 Å². The van der Waals surface area contributed by atoms with E-state index in [0.717, 1.165) is 0 Å². The molecular formula is C5H4IN3O. The van der Waals surface area contributed by atoms with E-state index in [1.165, 1.54) is 6.20 Å². The summed E-state index contributed by atoms with van der Waals surface area (Å²) in [5.74, 6) is 0. The summed E-state index contributed by atoms with van der Waals surface area (Å²) in [7, 11) is 0. The van der Waals surface area contributed by atoms with Gasteiger partial charge in [-0.25, -0.2) is 9.97 Å². The van der Waals surface area contributed by atoms with Crippen LogP contribution in [0.1, 0.15) is 5.69 Å². The van der Waals surface area contributed by atoms with Crippen molar-refractivity contribution < 1.29 is 0 Å². The van der Waals surface area contributed by atoms with Crippen molar-refractivity contribution in [1.29, 1.82) is 0 Å². The lowest BCUT2D eigenvalue weighted by Gasteiger charge is -1.93. The zero-order valence-corrected chi connectivity index (χ0v) is 7.36. The standard InChI is InChI=1S/C5H4IN3O/c1-3-4(9-10)2-7-5(6)8-3/h2H,1H3. The fraction of sp³-hybridized carbons (Fsp3) is 0.200. The molecule has 0 aromatic carbocycles. The Morgan fingerprint density at radius 3 is 2.90 bits per heavy atom. The lowest BCUT2D eigenvalue weighted by Crippen LogP contribution is -1.88. The van der Waals surface area contributed by atoms with Crippen molar-refractivity contribution in [3.63, 3.8) is 0 Å². The van der Waals surface area contributed by atoms with Crippen LogP contribution < -0.4 is 0 Å². The van der Waals surface area contributed by atoms with Crippen LogP contribution in [0.15, 0.2) is 11.4 Å². The lowest BCUT2D eigenvalue weighted by atomic mass is 10.4. The fourth-order valence-electron chi connectivity index (χ4n) is 0.522. The van der Waals surface area contributed by atoms with Gasteiger partial charge in [-0.3, -0.25) is 0 Å². The smallest absolute Gasteiger partial charge is 0.191 e. The Balaban J connectivity index is 3.19. The number of rotatable bonds is 1. The highest BCUT2D eigenvalue weighted by Gasteiger charge is 1.99. The van der Waals surface area contributed by atoms with Gasteiger partial charge in [0.15, 0.2) is 3.83 Å². The van der Waals surface area contributed by atoms with Gasteiger partial charge in [-0.05, 0) is 12.1 Å². The molecule has 0 radical (unpaired) electrons. The molecule has 1 aromatic heterocycles. The van der Waals surface area contributed by atoms with Gasteiger partial charge in [-0.15, -0.1) is 4.91 Å². The summed E-state index contributed by atoms with van der Waals surface area (Å²) in [5.41, 5.74) is 0.926. The zero-order valence-electron chi connectivity index (χ0n) is 5.21. The number of aryl methyl sites for hydroxylation is 1. The molecule has 0 bridgehead atoms. The largest absolute Gasteiger partial charge is 0.229 e. The molecule has 0 aliphatic heterocycles. The van der Waals surface area contributed by atoms with Crippen LogP contribution in [-0.4, -0.2) is 9.97 Å². The van der Waals surface area contributed by atoms with Gasteiger partial charge in [0.2, 0.25) is 0 Å². The molecule has 0 N–H and O–H groups in total. The van der Waals surface area contributed by atoms with E-state index in [1.807, 2.05) is 22.6 Å². The minimum Gasteiger partial charge on any atom is -0.229 e. The summed E-state index contributed by atoms with van der Waals surface area (Å²) in [4.78, 5) is 17.7. The molecule has 0 atom stereocenters. The molecule has 0 spiro atoms. The van der Waals surface area contributed by atoms with Crippen molar-refractivity contribution in [1.82, 2.24) is 9.97 Å². The SMILES string of the molecule is Cc1nc(I)ncc1N=O. The molecule has 0 aliphatic rings. The van der Waals surface area contributed by atoms with Crippen molar-refractivity contribution in [2.24, 2.45) is 5.18 Å². The Hall–Kier alpha value is -0.590. The van der Waals surface area contributed by atoms with Crippen LogP contribution in [0.4, 0.5) is 5.69 Å². The number of hydrogen-bond donors (Lipinski definition) is 0. The van der Waals surface area contributed by atoms with Crippen molar-refractivity contribution in [2.75, 3.05) is 0 Å². The Bertz CT molecular complexity index is 263. The molecule has 0 saturated carbocycles. The normalized spacial score (nSPS) is 9.40. The van der Waals surface area contributed by atoms with Crippen molar-refractivity contribution in [3.8, 4) is 0 Å². The summed E-state index contributed by atoms with van der Waals surface area (Å²) in [6, 6.07) is 0. The highest BCUT2D eigenvalue weighted by molar-refractivity contribution is 14.1. The maximum Gasteiger partial charge on any atom is 0.191 e. The molecule has 0 unspecified atom stereocenters. The van der Waals surface area contributed by atoms with Crippen molar-refractivity contribution in [3.05, 3.63) is 20.6 Å². The first-order valence-corrected chi connectivity index (χ1v) is 3.64. The van der Waals surface area contributed by atoms with Gasteiger partial charge in [0, 0.05) is 22.6 Å². The fourth-order valence-corrected chi connectivity index (χ4v) is 1.02. The van der Waals surface area contributed by atoms with E-state index < -0.39 is 0 Å². The van der Waals surface area contributed by atoms with Gasteiger partial charge in [-0.2, -0.15) is 0 Å². The molecule has 0 amide bonds. The summed E-state index contributed by atoms with van der Waals surface area (Å²) < 4.78 is 0.627. The summed E-state index contributed by atoms with van der Waals surface area (Å²) >= 11 is 1.97. The van der Waals surface area contributed by atoms with Gasteiger partial charge < -0.3 is 0 Å². The Morgan fingerprint density at radius 1 is 1.70 bits per heavy atom. The highest BCUT2D eigenvalue weighted by atomic mass is 127. The maximum absolute atomic E-state index is 10.0. The van der Waals surface area contributed by atoms with Crippen molar-refractivity contribution in [2.45, 2.75) is 6.92 Å². The number of hydrogen-bond acceptors (Lipinski definition) is 4. The molecule has 1 aromatic rings. The van der Waals surface area contributed by atoms with E-state index >= 15 is 0 Å². The number of aromatic nitrogens is 2. The summed E-state index contributed by atoms with van der Waals surface area (Å²) in [6.07, 6.45) is 1.41. The zero-order chi connectivity index (χ0) is 7.56. The minimum absolute atomic E-state index is 0.306. The average molecular weight is 249 g/mol. The molecular weight excluding hydrogens is 245 g/mol. The third kappa shape index (κ3) is 1.47. The van der Waals surface area contributed by atoms with Gasteiger partial charge in [0.25, 0.3) is 0 Å². The van der Waals surface area contributed by atoms with E-state index in [2.05, 4.69) is 15.1 Å². The number of halogens is 1. The second-order valence-corrected chi connectivity index (χ2v) is 2.67. The number of nitrogens with zero attached hydrogens (tertiary/aromatic N) is 3. The molecule has 0 aliphatic carbocycles. The predicted molar refractivity (Wildman–Crippen MR) is 44.9 cm³/mol. The highest BCUT2D eigenvalue weighted by Crippen LogP contribution is 2.13.